The number of Topliss-reactive ketones (excluding diaryl/α,β-unsaturated/α-hetero) is 1. The number of benzene rings is 2. The maximum Gasteiger partial charge on any atom is 0.300 e. The fraction of sp³-hybridized carbons (Fsp3) is 0.200. The van der Waals surface area contributed by atoms with Gasteiger partial charge in [0.25, 0.3) is 11.7 Å². The molecule has 1 aliphatic rings. The Morgan fingerprint density at radius 1 is 1.12 bits per heavy atom. The Bertz CT molecular complexity index is 1180. The smallest absolute Gasteiger partial charge is 0.300 e. The Kier molecular flexibility index (Phi) is 5.81. The molecule has 6 nitrogen and oxygen atoms in total. The third kappa shape index (κ3) is 4.01. The lowest BCUT2D eigenvalue weighted by atomic mass is 9.99. The van der Waals surface area contributed by atoms with E-state index in [4.69, 9.17) is 9.15 Å². The first-order valence-electron chi connectivity index (χ1n) is 10.2. The third-order valence-corrected chi connectivity index (χ3v) is 5.03. The molecule has 1 saturated heterocycles. The van der Waals surface area contributed by atoms with E-state index < -0.39 is 23.5 Å². The summed E-state index contributed by atoms with van der Waals surface area (Å²) in [6.45, 7) is 4.52. The van der Waals surface area contributed by atoms with Crippen molar-refractivity contribution in [1.82, 2.24) is 0 Å². The van der Waals surface area contributed by atoms with Gasteiger partial charge in [-0.25, -0.2) is 4.39 Å². The molecule has 2 aromatic carbocycles. The van der Waals surface area contributed by atoms with Gasteiger partial charge in [-0.05, 0) is 48.4 Å². The number of aliphatic hydroxyl groups excluding tert-OH is 1. The van der Waals surface area contributed by atoms with Crippen LogP contribution >= 0.6 is 0 Å². The van der Waals surface area contributed by atoms with Crippen molar-refractivity contribution < 1.29 is 28.2 Å². The fourth-order valence-corrected chi connectivity index (χ4v) is 3.59. The molecular weight excluding hydrogens is 413 g/mol. The lowest BCUT2D eigenvalue weighted by Crippen LogP contribution is -2.29. The summed E-state index contributed by atoms with van der Waals surface area (Å²) in [5.41, 5.74) is 0.358. The number of ether oxygens (including phenoxy) is 1. The van der Waals surface area contributed by atoms with Gasteiger partial charge in [-0.1, -0.05) is 32.0 Å². The van der Waals surface area contributed by atoms with Gasteiger partial charge >= 0.3 is 0 Å². The van der Waals surface area contributed by atoms with Gasteiger partial charge < -0.3 is 14.3 Å². The molecule has 164 valence electrons. The molecule has 1 fully saturated rings. The summed E-state index contributed by atoms with van der Waals surface area (Å²) in [6, 6.07) is 14.2. The molecule has 1 N–H and O–H groups in total. The number of ketones is 1. The van der Waals surface area contributed by atoms with Crippen LogP contribution < -0.4 is 9.64 Å². The molecule has 0 saturated carbocycles. The number of hydrogen-bond donors (Lipinski definition) is 1. The summed E-state index contributed by atoms with van der Waals surface area (Å²) in [6.07, 6.45) is 1.40. The summed E-state index contributed by atoms with van der Waals surface area (Å²) in [4.78, 5) is 27.1. The van der Waals surface area contributed by atoms with Crippen molar-refractivity contribution in [2.75, 3.05) is 11.5 Å². The Morgan fingerprint density at radius 2 is 1.91 bits per heavy atom. The number of carbonyl (C=O) groups is 2. The lowest BCUT2D eigenvalue weighted by Gasteiger charge is -2.23. The van der Waals surface area contributed by atoms with Gasteiger partial charge in [-0.3, -0.25) is 14.5 Å². The highest BCUT2D eigenvalue weighted by Gasteiger charge is 2.48. The van der Waals surface area contributed by atoms with Crippen LogP contribution in [-0.2, 0) is 9.59 Å². The monoisotopic (exact) mass is 435 g/mol. The molecule has 0 bridgehead atoms. The first kappa shape index (κ1) is 21.4. The third-order valence-electron chi connectivity index (χ3n) is 5.03. The van der Waals surface area contributed by atoms with E-state index in [0.717, 1.165) is 11.0 Å². The number of amides is 1. The van der Waals surface area contributed by atoms with Crippen molar-refractivity contribution in [3.63, 3.8) is 0 Å². The van der Waals surface area contributed by atoms with Crippen LogP contribution in [0.15, 0.2) is 76.9 Å². The number of anilines is 1. The van der Waals surface area contributed by atoms with Crippen LogP contribution in [0.1, 0.15) is 31.2 Å². The molecule has 1 aromatic heterocycles. The van der Waals surface area contributed by atoms with Crippen LogP contribution in [0.25, 0.3) is 5.76 Å². The summed E-state index contributed by atoms with van der Waals surface area (Å²) in [5, 5.41) is 11.1. The van der Waals surface area contributed by atoms with Crippen LogP contribution in [0.2, 0.25) is 0 Å². The lowest BCUT2D eigenvalue weighted by molar-refractivity contribution is -0.132. The second-order valence-corrected chi connectivity index (χ2v) is 7.90. The van der Waals surface area contributed by atoms with Gasteiger partial charge in [0, 0.05) is 11.3 Å². The minimum atomic E-state index is -1.05. The van der Waals surface area contributed by atoms with Crippen molar-refractivity contribution in [2.24, 2.45) is 5.92 Å². The quantitative estimate of drug-likeness (QED) is 0.332. The maximum atomic E-state index is 13.9. The van der Waals surface area contributed by atoms with Crippen LogP contribution in [0.5, 0.6) is 5.75 Å². The summed E-state index contributed by atoms with van der Waals surface area (Å²) in [7, 11) is 0. The van der Waals surface area contributed by atoms with Gasteiger partial charge in [0.2, 0.25) is 0 Å². The summed E-state index contributed by atoms with van der Waals surface area (Å²) >= 11 is 0. The molecule has 1 amide bonds. The number of hydrogen-bond acceptors (Lipinski definition) is 5. The molecule has 32 heavy (non-hydrogen) atoms. The minimum absolute atomic E-state index is 0.143. The van der Waals surface area contributed by atoms with E-state index in [-0.39, 0.29) is 22.8 Å². The van der Waals surface area contributed by atoms with Gasteiger partial charge in [0.15, 0.2) is 0 Å². The molecule has 0 aliphatic carbocycles. The van der Waals surface area contributed by atoms with Gasteiger partial charge in [-0.15, -0.1) is 0 Å². The Hall–Kier alpha value is -3.87. The molecule has 4 rings (SSSR count). The highest BCUT2D eigenvalue weighted by Crippen LogP contribution is 2.42. The van der Waals surface area contributed by atoms with Crippen molar-refractivity contribution in [1.29, 1.82) is 0 Å². The molecule has 1 aliphatic heterocycles. The first-order valence-corrected chi connectivity index (χ1v) is 10.2. The second-order valence-electron chi connectivity index (χ2n) is 7.90. The van der Waals surface area contributed by atoms with E-state index in [1.165, 1.54) is 24.5 Å². The largest absolute Gasteiger partial charge is 0.507 e. The molecular formula is C25H22FNO5. The molecule has 0 radical (unpaired) electrons. The maximum absolute atomic E-state index is 13.9. The highest BCUT2D eigenvalue weighted by atomic mass is 19.1. The number of furan rings is 1. The number of rotatable bonds is 6. The van der Waals surface area contributed by atoms with Gasteiger partial charge in [-0.2, -0.15) is 0 Å². The van der Waals surface area contributed by atoms with E-state index in [9.17, 15) is 19.1 Å². The summed E-state index contributed by atoms with van der Waals surface area (Å²) < 4.78 is 25.1. The Balaban J connectivity index is 1.83. The zero-order valence-electron chi connectivity index (χ0n) is 17.6. The SMILES string of the molecule is CC(C)COc1cccc(/C(O)=C2/C(=O)C(=O)N(c3cccc(F)c3)C2c2ccco2)c1. The molecule has 7 heteroatoms. The Morgan fingerprint density at radius 3 is 2.59 bits per heavy atom. The predicted octanol–water partition coefficient (Wildman–Crippen LogP) is 5.08. The normalized spacial score (nSPS) is 17.9. The van der Waals surface area contributed by atoms with E-state index in [2.05, 4.69) is 0 Å². The van der Waals surface area contributed by atoms with E-state index in [1.807, 2.05) is 13.8 Å². The van der Waals surface area contributed by atoms with E-state index >= 15 is 0 Å². The first-order chi connectivity index (χ1) is 15.4. The van der Waals surface area contributed by atoms with Gasteiger partial charge in [0.05, 0.1) is 18.4 Å². The zero-order valence-corrected chi connectivity index (χ0v) is 17.6. The zero-order chi connectivity index (χ0) is 22.8. The second kappa shape index (κ2) is 8.70. The van der Waals surface area contributed by atoms with Crippen LogP contribution in [-0.4, -0.2) is 23.4 Å². The van der Waals surface area contributed by atoms with Crippen molar-refractivity contribution >= 4 is 23.1 Å². The average Bonchev–Trinajstić information content (AvgIpc) is 3.39. The summed E-state index contributed by atoms with van der Waals surface area (Å²) in [5.74, 6) is -1.59. The molecule has 3 aromatic rings. The molecule has 1 atom stereocenters. The van der Waals surface area contributed by atoms with E-state index in [0.29, 0.717) is 23.8 Å². The number of carbonyl (C=O) groups excluding carboxylic acids is 2. The van der Waals surface area contributed by atoms with Crippen LogP contribution in [0, 0.1) is 11.7 Å². The van der Waals surface area contributed by atoms with Crippen LogP contribution in [0.3, 0.4) is 0 Å². The standard InChI is InChI=1S/C25H22FNO5/c1-15(2)14-32-19-9-3-6-16(12-19)23(28)21-22(20-10-5-11-31-20)27(25(30)24(21)29)18-8-4-7-17(26)13-18/h3-13,15,22,28H,14H2,1-2H3/b23-21-. The molecule has 2 heterocycles. The average molecular weight is 435 g/mol. The highest BCUT2D eigenvalue weighted by molar-refractivity contribution is 6.51. The van der Waals surface area contributed by atoms with Crippen molar-refractivity contribution in [3.8, 4) is 5.75 Å². The predicted molar refractivity (Wildman–Crippen MR) is 117 cm³/mol. The van der Waals surface area contributed by atoms with Crippen molar-refractivity contribution in [2.45, 2.75) is 19.9 Å². The molecule has 1 unspecified atom stereocenters. The molecule has 0 spiro atoms. The fourth-order valence-electron chi connectivity index (χ4n) is 3.59. The van der Waals surface area contributed by atoms with E-state index in [1.54, 1.807) is 36.4 Å². The minimum Gasteiger partial charge on any atom is -0.507 e. The van der Waals surface area contributed by atoms with Crippen LogP contribution in [0.4, 0.5) is 10.1 Å². The number of aliphatic hydroxyl groups is 1. The van der Waals surface area contributed by atoms with Crippen molar-refractivity contribution in [3.05, 3.63) is 89.6 Å². The number of halogens is 1. The topological polar surface area (TPSA) is 80.0 Å². The Labute approximate surface area is 184 Å². The number of nitrogens with zero attached hydrogens (tertiary/aromatic N) is 1. The van der Waals surface area contributed by atoms with Gasteiger partial charge in [0.1, 0.15) is 29.1 Å².